The lowest BCUT2D eigenvalue weighted by atomic mass is 10.1. The first kappa shape index (κ1) is 16.4. The normalized spacial score (nSPS) is 10.4. The van der Waals surface area contributed by atoms with E-state index in [1.165, 1.54) is 12.0 Å². The lowest BCUT2D eigenvalue weighted by Crippen LogP contribution is -2.30. The molecule has 0 aliphatic carbocycles. The molecule has 20 heavy (non-hydrogen) atoms. The molecular formula is C14H20F2N2O2. The van der Waals surface area contributed by atoms with E-state index < -0.39 is 17.5 Å². The first-order valence-electron chi connectivity index (χ1n) is 6.48. The molecule has 1 amide bonds. The first-order valence-corrected chi connectivity index (χ1v) is 6.48. The van der Waals surface area contributed by atoms with Crippen LogP contribution >= 0.6 is 0 Å². The van der Waals surface area contributed by atoms with Gasteiger partial charge >= 0.3 is 0 Å². The summed E-state index contributed by atoms with van der Waals surface area (Å²) < 4.78 is 32.5. The Morgan fingerprint density at radius 3 is 2.45 bits per heavy atom. The fraction of sp³-hybridized carbons (Fsp3) is 0.500. The maximum Gasteiger partial charge on any atom is 0.253 e. The molecule has 0 radical (unpaired) electrons. The van der Waals surface area contributed by atoms with Gasteiger partial charge in [-0.1, -0.05) is 6.92 Å². The maximum atomic E-state index is 13.8. The number of carbonyl (C=O) groups excluding carboxylic acids is 1. The van der Waals surface area contributed by atoms with Gasteiger partial charge in [-0.15, -0.1) is 0 Å². The molecule has 0 saturated carbocycles. The molecule has 4 nitrogen and oxygen atoms in total. The molecule has 0 heterocycles. The zero-order valence-corrected chi connectivity index (χ0v) is 12.0. The number of amides is 1. The van der Waals surface area contributed by atoms with E-state index in [2.05, 4.69) is 5.32 Å². The van der Waals surface area contributed by atoms with Crippen LogP contribution in [0.5, 0.6) is 0 Å². The fourth-order valence-corrected chi connectivity index (χ4v) is 1.67. The summed E-state index contributed by atoms with van der Waals surface area (Å²) in [6.45, 7) is 3.08. The summed E-state index contributed by atoms with van der Waals surface area (Å²) in [5.74, 6) is -1.97. The number of hydrogen-bond donors (Lipinski definition) is 1. The van der Waals surface area contributed by atoms with E-state index >= 15 is 0 Å². The van der Waals surface area contributed by atoms with Gasteiger partial charge in [-0.25, -0.2) is 8.78 Å². The summed E-state index contributed by atoms with van der Waals surface area (Å²) in [6, 6.07) is 2.10. The third-order valence-electron chi connectivity index (χ3n) is 2.82. The molecule has 1 aromatic carbocycles. The van der Waals surface area contributed by atoms with Gasteiger partial charge in [0.2, 0.25) is 0 Å². The van der Waals surface area contributed by atoms with Crippen molar-refractivity contribution in [3.05, 3.63) is 29.3 Å². The largest absolute Gasteiger partial charge is 0.383 e. The van der Waals surface area contributed by atoms with Gasteiger partial charge < -0.3 is 15.0 Å². The molecule has 1 N–H and O–H groups in total. The molecule has 0 atom stereocenters. The Kier molecular flexibility index (Phi) is 6.38. The Bertz CT molecular complexity index is 443. The second kappa shape index (κ2) is 7.79. The number of methoxy groups -OCH3 is 1. The lowest BCUT2D eigenvalue weighted by Gasteiger charge is -2.17. The van der Waals surface area contributed by atoms with Crippen molar-refractivity contribution < 1.29 is 18.3 Å². The number of nitrogens with zero attached hydrogens (tertiary/aromatic N) is 1. The van der Waals surface area contributed by atoms with Crippen molar-refractivity contribution in [2.45, 2.75) is 13.3 Å². The van der Waals surface area contributed by atoms with Gasteiger partial charge in [0.05, 0.1) is 6.61 Å². The minimum atomic E-state index is -0.762. The van der Waals surface area contributed by atoms with Crippen molar-refractivity contribution in [2.75, 3.05) is 39.2 Å². The number of carbonyl (C=O) groups is 1. The molecule has 0 saturated heterocycles. The highest BCUT2D eigenvalue weighted by atomic mass is 19.1. The zero-order chi connectivity index (χ0) is 15.1. The number of likely N-dealkylation sites (N-methyl/N-ethyl adjacent to an activating group) is 1. The number of benzene rings is 1. The predicted octanol–water partition coefficient (Wildman–Crippen LogP) is 2.51. The van der Waals surface area contributed by atoms with Crippen LogP contribution in [0.15, 0.2) is 12.1 Å². The minimum absolute atomic E-state index is 0.0133. The van der Waals surface area contributed by atoms with Gasteiger partial charge in [0.25, 0.3) is 5.91 Å². The molecule has 6 heteroatoms. The highest BCUT2D eigenvalue weighted by molar-refractivity contribution is 5.94. The van der Waals surface area contributed by atoms with Crippen LogP contribution < -0.4 is 5.32 Å². The highest BCUT2D eigenvalue weighted by Gasteiger charge is 2.17. The number of halogens is 2. The molecule has 0 fully saturated rings. The van der Waals surface area contributed by atoms with Crippen molar-refractivity contribution in [1.82, 2.24) is 4.90 Å². The quantitative estimate of drug-likeness (QED) is 0.837. The molecule has 1 aromatic rings. The van der Waals surface area contributed by atoms with E-state index in [-0.39, 0.29) is 11.3 Å². The van der Waals surface area contributed by atoms with Crippen LogP contribution in [0.1, 0.15) is 23.7 Å². The molecule has 0 bridgehead atoms. The van der Waals surface area contributed by atoms with Crippen molar-refractivity contribution in [2.24, 2.45) is 0 Å². The smallest absolute Gasteiger partial charge is 0.253 e. The first-order chi connectivity index (χ1) is 9.51. The van der Waals surface area contributed by atoms with Crippen LogP contribution in [0.3, 0.4) is 0 Å². The second-order valence-corrected chi connectivity index (χ2v) is 4.46. The third kappa shape index (κ3) is 4.16. The van der Waals surface area contributed by atoms with Gasteiger partial charge in [-0.05, 0) is 18.6 Å². The number of nitrogens with one attached hydrogen (secondary N) is 1. The summed E-state index contributed by atoms with van der Waals surface area (Å²) >= 11 is 0. The molecule has 0 aliphatic heterocycles. The van der Waals surface area contributed by atoms with E-state index in [4.69, 9.17) is 4.74 Å². The van der Waals surface area contributed by atoms with Crippen molar-refractivity contribution >= 4 is 11.6 Å². The van der Waals surface area contributed by atoms with Gasteiger partial charge in [0.15, 0.2) is 0 Å². The Balaban J connectivity index is 2.89. The summed E-state index contributed by atoms with van der Waals surface area (Å²) in [7, 11) is 3.08. The zero-order valence-electron chi connectivity index (χ0n) is 12.0. The Morgan fingerprint density at radius 1 is 1.35 bits per heavy atom. The monoisotopic (exact) mass is 286 g/mol. The number of ether oxygens (including phenoxy) is 1. The SMILES string of the molecule is CCCNc1c(F)cc(C(=O)N(C)CCOC)cc1F. The van der Waals surface area contributed by atoms with Crippen LogP contribution in [0, 0.1) is 11.6 Å². The summed E-state index contributed by atoms with van der Waals surface area (Å²) in [6.07, 6.45) is 0.749. The number of hydrogen-bond acceptors (Lipinski definition) is 3. The molecule has 1 rings (SSSR count). The minimum Gasteiger partial charge on any atom is -0.383 e. The topological polar surface area (TPSA) is 41.6 Å². The standard InChI is InChI=1S/C14H20F2N2O2/c1-4-5-17-13-11(15)8-10(9-12(13)16)14(19)18(2)6-7-20-3/h8-9,17H,4-7H2,1-3H3. The Labute approximate surface area is 117 Å². The van der Waals surface area contributed by atoms with E-state index in [0.717, 1.165) is 18.6 Å². The maximum absolute atomic E-state index is 13.8. The molecule has 112 valence electrons. The van der Waals surface area contributed by atoms with Crippen LogP contribution in [-0.4, -0.2) is 44.7 Å². The van der Waals surface area contributed by atoms with E-state index in [9.17, 15) is 13.6 Å². The lowest BCUT2D eigenvalue weighted by molar-refractivity contribution is 0.0743. The molecule has 0 aromatic heterocycles. The van der Waals surface area contributed by atoms with Crippen molar-refractivity contribution in [3.63, 3.8) is 0 Å². The summed E-state index contributed by atoms with van der Waals surface area (Å²) in [5, 5.41) is 2.67. The Morgan fingerprint density at radius 2 is 1.95 bits per heavy atom. The number of anilines is 1. The molecular weight excluding hydrogens is 266 g/mol. The molecule has 0 spiro atoms. The van der Waals surface area contributed by atoms with Gasteiger partial charge in [0, 0.05) is 32.8 Å². The predicted molar refractivity (Wildman–Crippen MR) is 74.0 cm³/mol. The third-order valence-corrected chi connectivity index (χ3v) is 2.82. The van der Waals surface area contributed by atoms with Gasteiger partial charge in [0.1, 0.15) is 17.3 Å². The Hall–Kier alpha value is -1.69. The van der Waals surface area contributed by atoms with E-state index in [1.807, 2.05) is 6.92 Å². The van der Waals surface area contributed by atoms with E-state index in [0.29, 0.717) is 19.7 Å². The second-order valence-electron chi connectivity index (χ2n) is 4.46. The van der Waals surface area contributed by atoms with Gasteiger partial charge in [-0.2, -0.15) is 0 Å². The van der Waals surface area contributed by atoms with Crippen molar-refractivity contribution in [1.29, 1.82) is 0 Å². The van der Waals surface area contributed by atoms with Crippen LogP contribution in [0.25, 0.3) is 0 Å². The summed E-state index contributed by atoms with van der Waals surface area (Å²) in [4.78, 5) is 13.4. The average Bonchev–Trinajstić information content (AvgIpc) is 2.42. The fourth-order valence-electron chi connectivity index (χ4n) is 1.67. The van der Waals surface area contributed by atoms with Gasteiger partial charge in [-0.3, -0.25) is 4.79 Å². The van der Waals surface area contributed by atoms with Crippen molar-refractivity contribution in [3.8, 4) is 0 Å². The van der Waals surface area contributed by atoms with Crippen LogP contribution in [-0.2, 0) is 4.74 Å². The van der Waals surface area contributed by atoms with E-state index in [1.54, 1.807) is 7.05 Å². The summed E-state index contributed by atoms with van der Waals surface area (Å²) in [5.41, 5.74) is -0.205. The van der Waals surface area contributed by atoms with Crippen LogP contribution in [0.4, 0.5) is 14.5 Å². The van der Waals surface area contributed by atoms with Crippen LogP contribution in [0.2, 0.25) is 0 Å². The molecule has 0 aliphatic rings. The highest BCUT2D eigenvalue weighted by Crippen LogP contribution is 2.21. The molecule has 0 unspecified atom stereocenters. The number of rotatable bonds is 7. The average molecular weight is 286 g/mol.